The van der Waals surface area contributed by atoms with Crippen molar-refractivity contribution < 1.29 is 9.84 Å². The van der Waals surface area contributed by atoms with Crippen molar-refractivity contribution in [2.24, 2.45) is 0 Å². The van der Waals surface area contributed by atoms with Gasteiger partial charge in [0.05, 0.1) is 7.11 Å². The highest BCUT2D eigenvalue weighted by Gasteiger charge is 2.16. The second-order valence-electron chi connectivity index (χ2n) is 5.44. The summed E-state index contributed by atoms with van der Waals surface area (Å²) in [4.78, 5) is 0. The fourth-order valence-corrected chi connectivity index (χ4v) is 2.26. The van der Waals surface area contributed by atoms with Crippen LogP contribution in [0.5, 0.6) is 5.75 Å². The third-order valence-corrected chi connectivity index (χ3v) is 3.28. The van der Waals surface area contributed by atoms with E-state index in [1.54, 1.807) is 7.11 Å². The molecule has 0 heterocycles. The molecule has 0 saturated carbocycles. The summed E-state index contributed by atoms with van der Waals surface area (Å²) in [6, 6.07) is 4.45. The van der Waals surface area contributed by atoms with Crippen molar-refractivity contribution in [3.8, 4) is 5.75 Å². The summed E-state index contributed by atoms with van der Waals surface area (Å²) in [6.45, 7) is 9.02. The molecule has 0 aliphatic rings. The fourth-order valence-electron chi connectivity index (χ4n) is 2.26. The highest BCUT2D eigenvalue weighted by Crippen LogP contribution is 2.35. The molecule has 0 saturated heterocycles. The number of benzene rings is 1. The van der Waals surface area contributed by atoms with E-state index in [0.717, 1.165) is 18.6 Å². The van der Waals surface area contributed by atoms with Crippen LogP contribution in [0.1, 0.15) is 62.6 Å². The highest BCUT2D eigenvalue weighted by molar-refractivity contribution is 5.47. The van der Waals surface area contributed by atoms with E-state index in [2.05, 4.69) is 39.8 Å². The number of hydrogen-bond acceptors (Lipinski definition) is 2. The van der Waals surface area contributed by atoms with Gasteiger partial charge in [-0.2, -0.15) is 0 Å². The molecular weight excluding hydrogens is 224 g/mol. The largest absolute Gasteiger partial charge is 0.496 e. The lowest BCUT2D eigenvalue weighted by atomic mass is 9.90. The Morgan fingerprint density at radius 1 is 1.06 bits per heavy atom. The van der Waals surface area contributed by atoms with Crippen LogP contribution >= 0.6 is 0 Å². The minimum atomic E-state index is 0.250. The molecule has 2 nitrogen and oxygen atoms in total. The second kappa shape index (κ2) is 6.79. The van der Waals surface area contributed by atoms with Crippen molar-refractivity contribution >= 4 is 0 Å². The van der Waals surface area contributed by atoms with Crippen LogP contribution in [0.2, 0.25) is 0 Å². The number of aliphatic hydroxyl groups excluding tert-OH is 1. The third kappa shape index (κ3) is 3.49. The van der Waals surface area contributed by atoms with Crippen LogP contribution in [0.3, 0.4) is 0 Å². The van der Waals surface area contributed by atoms with Crippen molar-refractivity contribution in [2.45, 2.75) is 52.4 Å². The topological polar surface area (TPSA) is 29.5 Å². The van der Waals surface area contributed by atoms with Crippen molar-refractivity contribution in [3.05, 3.63) is 28.8 Å². The first-order valence-corrected chi connectivity index (χ1v) is 6.82. The summed E-state index contributed by atoms with van der Waals surface area (Å²) in [5.74, 6) is 1.94. The molecule has 0 bridgehead atoms. The minimum absolute atomic E-state index is 0.250. The second-order valence-corrected chi connectivity index (χ2v) is 5.44. The Hall–Kier alpha value is -1.02. The highest BCUT2D eigenvalue weighted by atomic mass is 16.5. The molecule has 0 amide bonds. The van der Waals surface area contributed by atoms with Gasteiger partial charge in [-0.3, -0.25) is 0 Å². The van der Waals surface area contributed by atoms with Gasteiger partial charge < -0.3 is 9.84 Å². The average molecular weight is 250 g/mol. The Morgan fingerprint density at radius 3 is 1.89 bits per heavy atom. The zero-order valence-electron chi connectivity index (χ0n) is 12.3. The van der Waals surface area contributed by atoms with E-state index in [1.165, 1.54) is 16.7 Å². The molecule has 2 heteroatoms. The molecule has 1 N–H and O–H groups in total. The van der Waals surface area contributed by atoms with Crippen LogP contribution < -0.4 is 4.74 Å². The number of methoxy groups -OCH3 is 1. The van der Waals surface area contributed by atoms with Crippen LogP contribution in [0.25, 0.3) is 0 Å². The summed E-state index contributed by atoms with van der Waals surface area (Å²) < 4.78 is 5.61. The van der Waals surface area contributed by atoms with Crippen molar-refractivity contribution in [1.29, 1.82) is 0 Å². The Morgan fingerprint density at radius 2 is 1.56 bits per heavy atom. The van der Waals surface area contributed by atoms with Gasteiger partial charge >= 0.3 is 0 Å². The first kappa shape index (κ1) is 15.0. The smallest absolute Gasteiger partial charge is 0.125 e. The van der Waals surface area contributed by atoms with Crippen LogP contribution in [-0.4, -0.2) is 18.8 Å². The summed E-state index contributed by atoms with van der Waals surface area (Å²) >= 11 is 0. The van der Waals surface area contributed by atoms with Crippen molar-refractivity contribution in [1.82, 2.24) is 0 Å². The SMILES string of the molecule is COc1c(C(C)C)cc(CCCO)cc1C(C)C. The molecule has 18 heavy (non-hydrogen) atoms. The Bertz CT molecular complexity index is 352. The molecule has 0 aliphatic carbocycles. The predicted molar refractivity (Wildman–Crippen MR) is 76.6 cm³/mol. The number of ether oxygens (including phenoxy) is 1. The third-order valence-electron chi connectivity index (χ3n) is 3.28. The Balaban J connectivity index is 3.25. The van der Waals surface area contributed by atoms with Crippen LogP contribution in [-0.2, 0) is 6.42 Å². The van der Waals surface area contributed by atoms with Gasteiger partial charge in [0.1, 0.15) is 5.75 Å². The lowest BCUT2D eigenvalue weighted by molar-refractivity contribution is 0.288. The maximum absolute atomic E-state index is 8.96. The zero-order chi connectivity index (χ0) is 13.7. The monoisotopic (exact) mass is 250 g/mol. The van der Waals surface area contributed by atoms with Gasteiger partial charge in [-0.1, -0.05) is 39.8 Å². The fraction of sp³-hybridized carbons (Fsp3) is 0.625. The van der Waals surface area contributed by atoms with Gasteiger partial charge in [0.25, 0.3) is 0 Å². The number of aliphatic hydroxyl groups is 1. The van der Waals surface area contributed by atoms with E-state index < -0.39 is 0 Å². The maximum Gasteiger partial charge on any atom is 0.125 e. The zero-order valence-corrected chi connectivity index (χ0v) is 12.3. The van der Waals surface area contributed by atoms with E-state index in [0.29, 0.717) is 11.8 Å². The predicted octanol–water partition coefficient (Wildman–Crippen LogP) is 3.87. The van der Waals surface area contributed by atoms with Gasteiger partial charge in [-0.05, 0) is 41.4 Å². The molecule has 0 aromatic heterocycles. The van der Waals surface area contributed by atoms with Gasteiger partial charge in [-0.25, -0.2) is 0 Å². The number of hydrogen-bond donors (Lipinski definition) is 1. The van der Waals surface area contributed by atoms with Gasteiger partial charge in [-0.15, -0.1) is 0 Å². The quantitative estimate of drug-likeness (QED) is 0.830. The lowest BCUT2D eigenvalue weighted by Gasteiger charge is -2.20. The summed E-state index contributed by atoms with van der Waals surface area (Å²) in [6.07, 6.45) is 1.75. The first-order chi connectivity index (χ1) is 8.51. The molecule has 1 aromatic carbocycles. The summed E-state index contributed by atoms with van der Waals surface area (Å²) in [5.41, 5.74) is 3.85. The van der Waals surface area contributed by atoms with Crippen LogP contribution in [0.4, 0.5) is 0 Å². The average Bonchev–Trinajstić information content (AvgIpc) is 2.34. The van der Waals surface area contributed by atoms with Gasteiger partial charge in [0, 0.05) is 6.61 Å². The molecule has 1 aromatic rings. The van der Waals surface area contributed by atoms with E-state index >= 15 is 0 Å². The van der Waals surface area contributed by atoms with Crippen LogP contribution in [0, 0.1) is 0 Å². The molecule has 0 spiro atoms. The Labute approximate surface area is 111 Å². The normalized spacial score (nSPS) is 11.3. The molecule has 0 aliphatic heterocycles. The maximum atomic E-state index is 8.96. The van der Waals surface area contributed by atoms with Crippen molar-refractivity contribution in [3.63, 3.8) is 0 Å². The Kier molecular flexibility index (Phi) is 5.67. The minimum Gasteiger partial charge on any atom is -0.496 e. The summed E-state index contributed by atoms with van der Waals surface area (Å²) in [7, 11) is 1.75. The number of rotatable bonds is 6. The molecule has 0 unspecified atom stereocenters. The molecule has 102 valence electrons. The van der Waals surface area contributed by atoms with Gasteiger partial charge in [0.15, 0.2) is 0 Å². The molecule has 0 radical (unpaired) electrons. The molecular formula is C16H26O2. The van der Waals surface area contributed by atoms with Crippen molar-refractivity contribution in [2.75, 3.05) is 13.7 Å². The first-order valence-electron chi connectivity index (χ1n) is 6.82. The van der Waals surface area contributed by atoms with Crippen LogP contribution in [0.15, 0.2) is 12.1 Å². The summed E-state index contributed by atoms with van der Waals surface area (Å²) in [5, 5.41) is 8.96. The standard InChI is InChI=1S/C16H26O2/c1-11(2)14-9-13(7-6-8-17)10-15(12(3)4)16(14)18-5/h9-12,17H,6-8H2,1-5H3. The molecule has 1 rings (SSSR count). The van der Waals surface area contributed by atoms with E-state index in [9.17, 15) is 0 Å². The molecule has 0 atom stereocenters. The number of aryl methyl sites for hydroxylation is 1. The van der Waals surface area contributed by atoms with E-state index in [-0.39, 0.29) is 6.61 Å². The van der Waals surface area contributed by atoms with E-state index in [4.69, 9.17) is 9.84 Å². The lowest BCUT2D eigenvalue weighted by Crippen LogP contribution is -2.03. The van der Waals surface area contributed by atoms with E-state index in [1.807, 2.05) is 0 Å². The molecule has 0 fully saturated rings. The van der Waals surface area contributed by atoms with Gasteiger partial charge in [0.2, 0.25) is 0 Å².